The van der Waals surface area contributed by atoms with Gasteiger partial charge in [-0.05, 0) is 50.6 Å². The highest BCUT2D eigenvalue weighted by molar-refractivity contribution is 5.80. The van der Waals surface area contributed by atoms with Gasteiger partial charge in [-0.3, -0.25) is 4.99 Å². The quantitative estimate of drug-likeness (QED) is 0.592. The Bertz CT molecular complexity index is 682. The number of aryl methyl sites for hydroxylation is 1. The molecule has 2 unspecified atom stereocenters. The molecule has 5 nitrogen and oxygen atoms in total. The summed E-state index contributed by atoms with van der Waals surface area (Å²) in [5.41, 5.74) is 0.887. The van der Waals surface area contributed by atoms with Crippen LogP contribution >= 0.6 is 0 Å². The Hall–Kier alpha value is -2.34. The monoisotopic (exact) mass is 347 g/mol. The van der Waals surface area contributed by atoms with Crippen molar-refractivity contribution in [1.82, 2.24) is 10.6 Å². The average molecular weight is 347 g/mol. The van der Waals surface area contributed by atoms with Gasteiger partial charge in [0.05, 0.1) is 12.6 Å². The Labute approximate surface area is 148 Å². The van der Waals surface area contributed by atoms with Gasteiger partial charge < -0.3 is 19.8 Å². The van der Waals surface area contributed by atoms with Gasteiger partial charge in [0.25, 0.3) is 0 Å². The Kier molecular flexibility index (Phi) is 7.01. The summed E-state index contributed by atoms with van der Waals surface area (Å²) in [6, 6.07) is 10.2. The van der Waals surface area contributed by atoms with Crippen molar-refractivity contribution in [3.63, 3.8) is 0 Å². The van der Waals surface area contributed by atoms with Gasteiger partial charge in [-0.15, -0.1) is 0 Å². The maximum Gasteiger partial charge on any atom is 0.191 e. The van der Waals surface area contributed by atoms with Crippen molar-refractivity contribution in [1.29, 1.82) is 0 Å². The molecule has 0 saturated carbocycles. The van der Waals surface area contributed by atoms with Crippen LogP contribution < -0.4 is 10.6 Å². The molecule has 2 rings (SSSR count). The third-order valence-corrected chi connectivity index (χ3v) is 3.83. The number of nitrogens with one attached hydrogen (secondary N) is 2. The molecule has 0 fully saturated rings. The van der Waals surface area contributed by atoms with Crippen molar-refractivity contribution in [2.24, 2.45) is 4.99 Å². The Morgan fingerprint density at radius 2 is 1.96 bits per heavy atom. The van der Waals surface area contributed by atoms with Gasteiger partial charge in [0.2, 0.25) is 0 Å². The number of hydrogen-bond acceptors (Lipinski definition) is 3. The van der Waals surface area contributed by atoms with Crippen LogP contribution in [0.1, 0.15) is 43.1 Å². The summed E-state index contributed by atoms with van der Waals surface area (Å²) in [7, 11) is 1.62. The van der Waals surface area contributed by atoms with E-state index in [4.69, 9.17) is 9.15 Å². The molecule has 1 heterocycles. The fraction of sp³-hybridized carbons (Fsp3) is 0.421. The van der Waals surface area contributed by atoms with E-state index in [9.17, 15) is 4.39 Å². The van der Waals surface area contributed by atoms with E-state index in [0.29, 0.717) is 12.5 Å². The molecule has 2 atom stereocenters. The zero-order valence-corrected chi connectivity index (χ0v) is 15.2. The zero-order valence-electron chi connectivity index (χ0n) is 15.2. The highest BCUT2D eigenvalue weighted by Crippen LogP contribution is 2.18. The summed E-state index contributed by atoms with van der Waals surface area (Å²) in [5.74, 6) is 2.14. The first-order valence-corrected chi connectivity index (χ1v) is 8.43. The number of methoxy groups -OCH3 is 1. The maximum atomic E-state index is 13.1. The number of rotatable bonds is 7. The van der Waals surface area contributed by atoms with Crippen LogP contribution in [0.4, 0.5) is 4.39 Å². The molecule has 0 aliphatic rings. The molecule has 1 aromatic carbocycles. The molecule has 1 aromatic heterocycles. The molecule has 0 spiro atoms. The zero-order chi connectivity index (χ0) is 18.2. The van der Waals surface area contributed by atoms with Crippen molar-refractivity contribution in [3.8, 4) is 0 Å². The van der Waals surface area contributed by atoms with Gasteiger partial charge in [0.15, 0.2) is 5.96 Å². The van der Waals surface area contributed by atoms with E-state index in [2.05, 4.69) is 15.6 Å². The molecule has 0 aliphatic heterocycles. The van der Waals surface area contributed by atoms with Gasteiger partial charge in [-0.2, -0.15) is 0 Å². The van der Waals surface area contributed by atoms with Crippen LogP contribution in [-0.4, -0.2) is 26.2 Å². The van der Waals surface area contributed by atoms with E-state index < -0.39 is 0 Å². The number of nitrogens with zero attached hydrogens (tertiary/aromatic N) is 1. The minimum Gasteiger partial charge on any atom is -0.464 e. The molecule has 6 heteroatoms. The van der Waals surface area contributed by atoms with Gasteiger partial charge >= 0.3 is 0 Å². The SMILES string of the molecule is CCNC(=NCC(OC)c1ccc(F)cc1)NC(C)c1ccc(C)o1. The van der Waals surface area contributed by atoms with Crippen LogP contribution in [0.2, 0.25) is 0 Å². The summed E-state index contributed by atoms with van der Waals surface area (Å²) < 4.78 is 24.2. The van der Waals surface area contributed by atoms with Crippen molar-refractivity contribution in [3.05, 3.63) is 59.3 Å². The number of ether oxygens (including phenoxy) is 1. The molecule has 2 aromatic rings. The summed E-state index contributed by atoms with van der Waals surface area (Å²) in [4.78, 5) is 4.59. The largest absolute Gasteiger partial charge is 0.464 e. The summed E-state index contributed by atoms with van der Waals surface area (Å²) in [5, 5.41) is 6.53. The van der Waals surface area contributed by atoms with Crippen LogP contribution in [0.5, 0.6) is 0 Å². The summed E-state index contributed by atoms with van der Waals surface area (Å²) in [6.07, 6.45) is -0.239. The Morgan fingerprint density at radius 1 is 1.24 bits per heavy atom. The average Bonchev–Trinajstić information content (AvgIpc) is 3.03. The third kappa shape index (κ3) is 5.60. The molecule has 0 saturated heterocycles. The fourth-order valence-corrected chi connectivity index (χ4v) is 2.45. The molecule has 25 heavy (non-hydrogen) atoms. The van der Waals surface area contributed by atoms with E-state index in [-0.39, 0.29) is 18.0 Å². The normalized spacial score (nSPS) is 14.2. The number of furan rings is 1. The highest BCUT2D eigenvalue weighted by atomic mass is 19.1. The second-order valence-electron chi connectivity index (χ2n) is 5.81. The van der Waals surface area contributed by atoms with E-state index in [1.807, 2.05) is 32.9 Å². The Morgan fingerprint density at radius 3 is 2.52 bits per heavy atom. The predicted molar refractivity (Wildman–Crippen MR) is 97.1 cm³/mol. The van der Waals surface area contributed by atoms with Crippen LogP contribution in [-0.2, 0) is 4.74 Å². The van der Waals surface area contributed by atoms with Crippen LogP contribution in [0.3, 0.4) is 0 Å². The second-order valence-corrected chi connectivity index (χ2v) is 5.81. The number of benzene rings is 1. The van der Waals surface area contributed by atoms with E-state index in [0.717, 1.165) is 23.6 Å². The van der Waals surface area contributed by atoms with Gasteiger partial charge in [0, 0.05) is 13.7 Å². The Balaban J connectivity index is 2.05. The number of aliphatic imine (C=N–C) groups is 1. The van der Waals surface area contributed by atoms with Gasteiger partial charge in [0.1, 0.15) is 23.4 Å². The van der Waals surface area contributed by atoms with Crippen LogP contribution in [0.25, 0.3) is 0 Å². The summed E-state index contributed by atoms with van der Waals surface area (Å²) >= 11 is 0. The lowest BCUT2D eigenvalue weighted by Gasteiger charge is -2.18. The van der Waals surface area contributed by atoms with Crippen molar-refractivity contribution in [2.45, 2.75) is 32.9 Å². The molecule has 0 aliphatic carbocycles. The lowest BCUT2D eigenvalue weighted by atomic mass is 10.1. The first-order valence-electron chi connectivity index (χ1n) is 8.43. The molecular weight excluding hydrogens is 321 g/mol. The van der Waals surface area contributed by atoms with Crippen molar-refractivity contribution in [2.75, 3.05) is 20.2 Å². The van der Waals surface area contributed by atoms with Crippen molar-refractivity contribution < 1.29 is 13.5 Å². The van der Waals surface area contributed by atoms with Crippen LogP contribution in [0, 0.1) is 12.7 Å². The molecule has 2 N–H and O–H groups in total. The second kappa shape index (κ2) is 9.22. The van der Waals surface area contributed by atoms with Gasteiger partial charge in [-0.1, -0.05) is 12.1 Å². The van der Waals surface area contributed by atoms with Crippen LogP contribution in [0.15, 0.2) is 45.8 Å². The maximum absolute atomic E-state index is 13.1. The predicted octanol–water partition coefficient (Wildman–Crippen LogP) is 3.73. The molecule has 0 amide bonds. The topological polar surface area (TPSA) is 58.8 Å². The van der Waals surface area contributed by atoms with E-state index in [1.165, 1.54) is 12.1 Å². The third-order valence-electron chi connectivity index (χ3n) is 3.83. The first-order chi connectivity index (χ1) is 12.0. The van der Waals surface area contributed by atoms with E-state index >= 15 is 0 Å². The molecule has 136 valence electrons. The van der Waals surface area contributed by atoms with Crippen molar-refractivity contribution >= 4 is 5.96 Å². The van der Waals surface area contributed by atoms with E-state index in [1.54, 1.807) is 19.2 Å². The minimum atomic E-state index is -0.264. The highest BCUT2D eigenvalue weighted by Gasteiger charge is 2.13. The molecular formula is C19H26FN3O2. The summed E-state index contributed by atoms with van der Waals surface area (Å²) in [6.45, 7) is 7.10. The fourth-order valence-electron chi connectivity index (χ4n) is 2.45. The standard InChI is InChI=1S/C19H26FN3O2/c1-5-21-19(23-14(3)17-11-6-13(2)25-17)22-12-18(24-4)15-7-9-16(20)10-8-15/h6-11,14,18H,5,12H2,1-4H3,(H2,21,22,23). The molecule has 0 bridgehead atoms. The number of hydrogen-bond donors (Lipinski definition) is 2. The number of halogens is 1. The smallest absolute Gasteiger partial charge is 0.191 e. The minimum absolute atomic E-state index is 0.0154. The lowest BCUT2D eigenvalue weighted by molar-refractivity contribution is 0.111. The number of guanidine groups is 1. The first kappa shape index (κ1) is 19.0. The lowest BCUT2D eigenvalue weighted by Crippen LogP contribution is -2.39. The molecule has 0 radical (unpaired) electrons. The van der Waals surface area contributed by atoms with Gasteiger partial charge in [-0.25, -0.2) is 4.39 Å².